The molecule has 5 nitrogen and oxygen atoms in total. The van der Waals surface area contributed by atoms with Gasteiger partial charge in [-0.1, -0.05) is 0 Å². The molecule has 0 amide bonds. The van der Waals surface area contributed by atoms with Crippen molar-refractivity contribution in [1.82, 2.24) is 9.03 Å². The first-order valence-electron chi connectivity index (χ1n) is 6.81. The summed E-state index contributed by atoms with van der Waals surface area (Å²) in [6.07, 6.45) is 1.65. The van der Waals surface area contributed by atoms with Crippen LogP contribution in [-0.2, 0) is 16.8 Å². The number of halogens is 2. The number of hydrogen-bond donors (Lipinski definition) is 2. The fourth-order valence-electron chi connectivity index (χ4n) is 2.38. The van der Waals surface area contributed by atoms with Crippen LogP contribution >= 0.6 is 0 Å². The zero-order valence-electron chi connectivity index (χ0n) is 11.6. The van der Waals surface area contributed by atoms with Crippen molar-refractivity contribution in [2.45, 2.75) is 19.4 Å². The lowest BCUT2D eigenvalue weighted by Gasteiger charge is -2.31. The smallest absolute Gasteiger partial charge is 0.279 e. The maximum atomic E-state index is 13.5. The van der Waals surface area contributed by atoms with Crippen molar-refractivity contribution in [3.8, 4) is 0 Å². The van der Waals surface area contributed by atoms with E-state index in [0.717, 1.165) is 31.0 Å². The second-order valence-corrected chi connectivity index (χ2v) is 6.92. The summed E-state index contributed by atoms with van der Waals surface area (Å²) in [6, 6.07) is 2.95. The molecule has 0 saturated carbocycles. The lowest BCUT2D eigenvalue weighted by molar-refractivity contribution is 0.268. The molecule has 1 aliphatic heterocycles. The largest absolute Gasteiger partial charge is 0.330 e. The Morgan fingerprint density at radius 2 is 2.14 bits per heavy atom. The fraction of sp³-hybridized carbons (Fsp3) is 0.538. The van der Waals surface area contributed by atoms with E-state index < -0.39 is 21.8 Å². The van der Waals surface area contributed by atoms with Crippen LogP contribution in [0.5, 0.6) is 0 Å². The van der Waals surface area contributed by atoms with Crippen molar-refractivity contribution in [2.24, 2.45) is 11.7 Å². The number of nitrogens with one attached hydrogen (secondary N) is 1. The number of rotatable bonds is 5. The minimum atomic E-state index is -3.72. The van der Waals surface area contributed by atoms with Crippen LogP contribution in [0.4, 0.5) is 8.78 Å². The average molecular weight is 319 g/mol. The molecule has 0 spiro atoms. The Labute approximate surface area is 123 Å². The normalized spacial score (nSPS) is 20.6. The molecule has 0 aliphatic carbocycles. The molecule has 118 valence electrons. The van der Waals surface area contributed by atoms with E-state index in [1.807, 2.05) is 0 Å². The number of nitrogens with zero attached hydrogens (tertiary/aromatic N) is 1. The van der Waals surface area contributed by atoms with Gasteiger partial charge in [0, 0.05) is 25.2 Å². The van der Waals surface area contributed by atoms with Gasteiger partial charge in [0.05, 0.1) is 0 Å². The van der Waals surface area contributed by atoms with E-state index in [0.29, 0.717) is 19.6 Å². The van der Waals surface area contributed by atoms with E-state index in [4.69, 9.17) is 5.73 Å². The Morgan fingerprint density at radius 1 is 1.38 bits per heavy atom. The molecule has 1 fully saturated rings. The van der Waals surface area contributed by atoms with Crippen molar-refractivity contribution < 1.29 is 17.2 Å². The molecule has 1 aromatic rings. The summed E-state index contributed by atoms with van der Waals surface area (Å²) < 4.78 is 54.5. The van der Waals surface area contributed by atoms with E-state index in [-0.39, 0.29) is 18.0 Å². The fourth-order valence-corrected chi connectivity index (χ4v) is 3.67. The van der Waals surface area contributed by atoms with E-state index in [2.05, 4.69) is 4.72 Å². The molecule has 3 N–H and O–H groups in total. The van der Waals surface area contributed by atoms with Crippen LogP contribution in [0.15, 0.2) is 18.2 Å². The highest BCUT2D eigenvalue weighted by molar-refractivity contribution is 7.87. The SMILES string of the molecule is NCC1CCCN(S(=O)(=O)NCc2cc(F)ccc2F)C1. The first-order chi connectivity index (χ1) is 9.92. The summed E-state index contributed by atoms with van der Waals surface area (Å²) in [5, 5.41) is 0. The summed E-state index contributed by atoms with van der Waals surface area (Å²) in [4.78, 5) is 0. The van der Waals surface area contributed by atoms with Crippen molar-refractivity contribution in [2.75, 3.05) is 19.6 Å². The molecule has 1 heterocycles. The summed E-state index contributed by atoms with van der Waals surface area (Å²) in [7, 11) is -3.72. The van der Waals surface area contributed by atoms with Gasteiger partial charge in [-0.3, -0.25) is 0 Å². The van der Waals surface area contributed by atoms with Gasteiger partial charge in [-0.2, -0.15) is 17.4 Å². The van der Waals surface area contributed by atoms with Crippen molar-refractivity contribution in [1.29, 1.82) is 0 Å². The third-order valence-electron chi connectivity index (χ3n) is 3.61. The van der Waals surface area contributed by atoms with Gasteiger partial charge in [0.15, 0.2) is 0 Å². The van der Waals surface area contributed by atoms with Crippen LogP contribution in [0.25, 0.3) is 0 Å². The molecule has 1 aromatic carbocycles. The second-order valence-electron chi connectivity index (χ2n) is 5.16. The van der Waals surface area contributed by atoms with Gasteiger partial charge >= 0.3 is 0 Å². The van der Waals surface area contributed by atoms with Crippen molar-refractivity contribution in [3.05, 3.63) is 35.4 Å². The third kappa shape index (κ3) is 4.19. The second kappa shape index (κ2) is 6.78. The number of nitrogens with two attached hydrogens (primary N) is 1. The van der Waals surface area contributed by atoms with Gasteiger partial charge in [0.1, 0.15) is 11.6 Å². The molecular weight excluding hydrogens is 300 g/mol. The molecule has 2 rings (SSSR count). The zero-order chi connectivity index (χ0) is 15.5. The first-order valence-corrected chi connectivity index (χ1v) is 8.25. The van der Waals surface area contributed by atoms with Gasteiger partial charge in [-0.15, -0.1) is 0 Å². The Morgan fingerprint density at radius 3 is 2.86 bits per heavy atom. The molecule has 21 heavy (non-hydrogen) atoms. The van der Waals surface area contributed by atoms with Gasteiger partial charge in [0.25, 0.3) is 10.2 Å². The molecule has 1 aliphatic rings. The standard InChI is InChI=1S/C13H19F2N3O2S/c14-12-3-4-13(15)11(6-12)8-17-21(19,20)18-5-1-2-10(7-16)9-18/h3-4,6,10,17H,1-2,5,7-9,16H2. The summed E-state index contributed by atoms with van der Waals surface area (Å²) in [5.74, 6) is -1.11. The lowest BCUT2D eigenvalue weighted by Crippen LogP contribution is -2.47. The molecule has 1 atom stereocenters. The molecule has 0 bridgehead atoms. The van der Waals surface area contributed by atoms with E-state index >= 15 is 0 Å². The van der Waals surface area contributed by atoms with Gasteiger partial charge in [-0.25, -0.2) is 8.78 Å². The predicted octanol–water partition coefficient (Wildman–Crippen LogP) is 0.970. The lowest BCUT2D eigenvalue weighted by atomic mass is 10.0. The maximum absolute atomic E-state index is 13.5. The highest BCUT2D eigenvalue weighted by Gasteiger charge is 2.28. The van der Waals surface area contributed by atoms with Gasteiger partial charge in [-0.05, 0) is 43.5 Å². The van der Waals surface area contributed by atoms with Crippen LogP contribution in [-0.4, -0.2) is 32.4 Å². The summed E-state index contributed by atoms with van der Waals surface area (Å²) >= 11 is 0. The monoisotopic (exact) mass is 319 g/mol. The maximum Gasteiger partial charge on any atom is 0.279 e. The summed E-state index contributed by atoms with van der Waals surface area (Å²) in [6.45, 7) is 0.926. The zero-order valence-corrected chi connectivity index (χ0v) is 12.4. The Kier molecular flexibility index (Phi) is 5.26. The molecule has 1 saturated heterocycles. The topological polar surface area (TPSA) is 75.4 Å². The number of hydrogen-bond acceptors (Lipinski definition) is 3. The first kappa shape index (κ1) is 16.3. The van der Waals surface area contributed by atoms with Crippen LogP contribution in [0.2, 0.25) is 0 Å². The van der Waals surface area contributed by atoms with Crippen LogP contribution in [0.1, 0.15) is 18.4 Å². The van der Waals surface area contributed by atoms with E-state index in [9.17, 15) is 17.2 Å². The average Bonchev–Trinajstić information content (AvgIpc) is 2.48. The van der Waals surface area contributed by atoms with Crippen LogP contribution < -0.4 is 10.5 Å². The Bertz CT molecular complexity index is 595. The van der Waals surface area contributed by atoms with Gasteiger partial charge < -0.3 is 5.73 Å². The number of benzene rings is 1. The van der Waals surface area contributed by atoms with E-state index in [1.54, 1.807) is 0 Å². The minimum absolute atomic E-state index is 0.0223. The van der Waals surface area contributed by atoms with Crippen molar-refractivity contribution in [3.63, 3.8) is 0 Å². The van der Waals surface area contributed by atoms with Crippen LogP contribution in [0.3, 0.4) is 0 Å². The molecular formula is C13H19F2N3O2S. The van der Waals surface area contributed by atoms with E-state index in [1.165, 1.54) is 4.31 Å². The Hall–Kier alpha value is -1.09. The highest BCUT2D eigenvalue weighted by Crippen LogP contribution is 2.18. The summed E-state index contributed by atoms with van der Waals surface area (Å²) in [5.41, 5.74) is 5.55. The third-order valence-corrected chi connectivity index (χ3v) is 5.13. The van der Waals surface area contributed by atoms with Gasteiger partial charge in [0.2, 0.25) is 0 Å². The quantitative estimate of drug-likeness (QED) is 0.849. The molecule has 1 unspecified atom stereocenters. The predicted molar refractivity (Wildman–Crippen MR) is 75.5 cm³/mol. The minimum Gasteiger partial charge on any atom is -0.330 e. The van der Waals surface area contributed by atoms with Crippen LogP contribution in [0, 0.1) is 17.6 Å². The number of piperidine rings is 1. The van der Waals surface area contributed by atoms with Crippen molar-refractivity contribution >= 4 is 10.2 Å². The highest BCUT2D eigenvalue weighted by atomic mass is 32.2. The molecule has 0 radical (unpaired) electrons. The molecule has 8 heteroatoms. The Balaban J connectivity index is 2.02. The molecule has 0 aromatic heterocycles.